The van der Waals surface area contributed by atoms with Gasteiger partial charge in [0.2, 0.25) is 0 Å². The van der Waals surface area contributed by atoms with Crippen LogP contribution in [0.3, 0.4) is 0 Å². The first kappa shape index (κ1) is 46.9. The first-order valence-corrected chi connectivity index (χ1v) is 21.0. The third-order valence-electron chi connectivity index (χ3n) is 11.2. The van der Waals surface area contributed by atoms with Crippen LogP contribution in [0.2, 0.25) is 0 Å². The van der Waals surface area contributed by atoms with Crippen LogP contribution in [0, 0.1) is 0 Å². The van der Waals surface area contributed by atoms with Crippen LogP contribution in [0.25, 0.3) is 0 Å². The van der Waals surface area contributed by atoms with E-state index >= 15 is 0 Å². The van der Waals surface area contributed by atoms with Gasteiger partial charge in [-0.1, -0.05) is 42.5 Å². The number of aliphatic hydroxyl groups is 7. The highest BCUT2D eigenvalue weighted by Gasteiger charge is 2.41. The molecule has 0 saturated carbocycles. The van der Waals surface area contributed by atoms with Crippen LogP contribution in [0.5, 0.6) is 0 Å². The van der Waals surface area contributed by atoms with Crippen LogP contribution in [0.4, 0.5) is 0 Å². The zero-order valence-corrected chi connectivity index (χ0v) is 34.0. The quantitative estimate of drug-likeness (QED) is 0.131. The number of hydrogen-bond acceptors (Lipinski definition) is 21. The van der Waals surface area contributed by atoms with E-state index in [-0.39, 0.29) is 0 Å². The van der Waals surface area contributed by atoms with E-state index in [2.05, 4.69) is 0 Å². The van der Waals surface area contributed by atoms with Crippen LogP contribution in [0.15, 0.2) is 85.1 Å². The fraction of sp³-hybridized carbons (Fsp3) is 0.667. The Hall–Kier alpha value is -2.66. The Morgan fingerprint density at radius 2 is 0.317 bits per heavy atom. The molecule has 21 heteroatoms. The molecule has 21 nitrogen and oxygen atoms in total. The Kier molecular flexibility index (Phi) is 16.5. The Labute approximate surface area is 362 Å². The molecule has 0 aromatic rings. The van der Waals surface area contributed by atoms with Gasteiger partial charge >= 0.3 is 0 Å². The van der Waals surface area contributed by atoms with Gasteiger partial charge in [-0.15, -0.1) is 0 Å². The van der Waals surface area contributed by atoms with Crippen molar-refractivity contribution in [1.82, 2.24) is 0 Å². The molecule has 21 atom stereocenters. The van der Waals surface area contributed by atoms with E-state index in [4.69, 9.17) is 66.3 Å². The molecule has 0 saturated heterocycles. The van der Waals surface area contributed by atoms with Crippen molar-refractivity contribution in [2.24, 2.45) is 0 Å². The highest BCUT2D eigenvalue weighted by Crippen LogP contribution is 2.31. The second kappa shape index (κ2) is 22.2. The fourth-order valence-electron chi connectivity index (χ4n) is 7.92. The van der Waals surface area contributed by atoms with Crippen molar-refractivity contribution in [3.05, 3.63) is 85.1 Å². The van der Waals surface area contributed by atoms with Gasteiger partial charge in [-0.3, -0.25) is 0 Å². The summed E-state index contributed by atoms with van der Waals surface area (Å²) in [5.41, 5.74) is 0. The van der Waals surface area contributed by atoms with Gasteiger partial charge in [0.25, 0.3) is 0 Å². The average Bonchev–Trinajstić information content (AvgIpc) is 3.31. The molecule has 0 aliphatic carbocycles. The van der Waals surface area contributed by atoms with E-state index in [1.807, 2.05) is 0 Å². The van der Waals surface area contributed by atoms with Crippen LogP contribution < -0.4 is 0 Å². The SMILES string of the molecule is OC[C@H]1O[C@H]2C=C[C@@H]1O[C@@H]1C=C[C@H](O[C@@H]3C=C[C@H](O[C@@H]4C=C[C@H](O[C@@H]5C=C[C@H](O[C@@H]6C=C[C@H](O[C@@H]7C=C[C@H](O2)[C@@H](CO)O7)[C@@H](CO)O6)[C@@H](CO)O5)[C@@H](CO)O4)[C@@H](CO)O3)[C@@H](CO)O1. The third kappa shape index (κ3) is 11.5. The average molecular weight is 897 g/mol. The summed E-state index contributed by atoms with van der Waals surface area (Å²) in [5, 5.41) is 71.6. The molecule has 63 heavy (non-hydrogen) atoms. The lowest BCUT2D eigenvalue weighted by Crippen LogP contribution is -2.49. The van der Waals surface area contributed by atoms with E-state index in [1.165, 1.54) is 0 Å². The third-order valence-corrected chi connectivity index (χ3v) is 11.2. The van der Waals surface area contributed by atoms with E-state index < -0.39 is 176 Å². The molecule has 21 aliphatic rings. The lowest BCUT2D eigenvalue weighted by molar-refractivity contribution is -0.271. The molecule has 7 N–H and O–H groups in total. The second-order valence-corrected chi connectivity index (χ2v) is 15.5. The molecule has 0 aromatic carbocycles. The Balaban J connectivity index is 1.01. The first-order valence-electron chi connectivity index (χ1n) is 21.0. The normalized spacial score (nSPS) is 46.6. The zero-order chi connectivity index (χ0) is 43.9. The van der Waals surface area contributed by atoms with Crippen molar-refractivity contribution in [2.45, 2.75) is 129 Å². The monoisotopic (exact) mass is 896 g/mol. The maximum atomic E-state index is 10.2. The molecule has 0 spiro atoms. The van der Waals surface area contributed by atoms with Crippen LogP contribution in [-0.4, -0.2) is 211 Å². The van der Waals surface area contributed by atoms with Crippen LogP contribution >= 0.6 is 0 Å². The largest absolute Gasteiger partial charge is 0.394 e. The van der Waals surface area contributed by atoms with Crippen molar-refractivity contribution >= 4 is 0 Å². The standard InChI is InChI=1S/C42H56O21/c43-15-29-22-1-8-36(57-29)51-23-3-10-38(59-30(23)16-44)53-25-5-12-40(61-32(25)18-46)55-27-7-14-42(63-34(27)20-48)56-28-6-13-41(62-35(28)21-49)54-26-4-11-39(60-33(26)19-47)52-24-2-9-37(50-22)58-31(24)17-45/h1-14,22-49H,15-21H2/t22-,23-,24-,25-,26-,27-,28-,29+,30+,31+,32+,33+,34+,35+,36-,37-,38-,39-,40-,41-,42-/m0/s1. The van der Waals surface area contributed by atoms with Gasteiger partial charge in [-0.2, -0.15) is 0 Å². The van der Waals surface area contributed by atoms with Crippen LogP contribution in [-0.2, 0) is 66.3 Å². The van der Waals surface area contributed by atoms with Gasteiger partial charge in [0, 0.05) is 0 Å². The summed E-state index contributed by atoms with van der Waals surface area (Å²) in [6.45, 7) is -3.10. The molecule has 21 rings (SSSR count). The molecule has 350 valence electrons. The van der Waals surface area contributed by atoms with Gasteiger partial charge in [0.1, 0.15) is 85.5 Å². The topological polar surface area (TPSA) is 271 Å². The van der Waals surface area contributed by atoms with Crippen molar-refractivity contribution in [1.29, 1.82) is 0 Å². The smallest absolute Gasteiger partial charge is 0.178 e. The minimum absolute atomic E-state index is 0.443. The molecule has 21 aliphatic heterocycles. The lowest BCUT2D eigenvalue weighted by Gasteiger charge is -2.39. The Bertz CT molecular complexity index is 1340. The molecule has 14 bridgehead atoms. The van der Waals surface area contributed by atoms with Crippen molar-refractivity contribution in [3.63, 3.8) is 0 Å². The lowest BCUT2D eigenvalue weighted by atomic mass is 10.1. The predicted molar refractivity (Wildman–Crippen MR) is 208 cm³/mol. The minimum Gasteiger partial charge on any atom is -0.394 e. The molecule has 0 radical (unpaired) electrons. The Morgan fingerprint density at radius 1 is 0.190 bits per heavy atom. The van der Waals surface area contributed by atoms with Crippen molar-refractivity contribution in [3.8, 4) is 0 Å². The van der Waals surface area contributed by atoms with Gasteiger partial charge in [-0.25, -0.2) is 0 Å². The number of rotatable bonds is 7. The van der Waals surface area contributed by atoms with Crippen molar-refractivity contribution < 1.29 is 102 Å². The summed E-state index contributed by atoms with van der Waals surface area (Å²) in [7, 11) is 0. The number of aliphatic hydroxyl groups excluding tert-OH is 7. The van der Waals surface area contributed by atoms with E-state index in [0.717, 1.165) is 0 Å². The highest BCUT2D eigenvalue weighted by atomic mass is 16.8. The number of hydrogen-bond donors (Lipinski definition) is 7. The van der Waals surface area contributed by atoms with E-state index in [1.54, 1.807) is 85.1 Å². The fourth-order valence-corrected chi connectivity index (χ4v) is 7.92. The minimum atomic E-state index is -0.962. The summed E-state index contributed by atoms with van der Waals surface area (Å²) < 4.78 is 84.7. The maximum Gasteiger partial charge on any atom is 0.178 e. The van der Waals surface area contributed by atoms with E-state index in [9.17, 15) is 35.7 Å². The summed E-state index contributed by atoms with van der Waals surface area (Å²) in [6, 6.07) is 0. The molecule has 0 amide bonds. The van der Waals surface area contributed by atoms with Gasteiger partial charge in [-0.05, 0) is 42.5 Å². The Morgan fingerprint density at radius 3 is 0.429 bits per heavy atom. The second-order valence-electron chi connectivity index (χ2n) is 15.5. The first-order chi connectivity index (χ1) is 30.8. The molecular formula is C42H56O21. The summed E-state index contributed by atoms with van der Waals surface area (Å²) in [4.78, 5) is 0. The molecule has 21 heterocycles. The zero-order valence-electron chi connectivity index (χ0n) is 34.0. The van der Waals surface area contributed by atoms with Crippen molar-refractivity contribution in [2.75, 3.05) is 46.2 Å². The summed E-state index contributed by atoms with van der Waals surface area (Å²) >= 11 is 0. The van der Waals surface area contributed by atoms with E-state index in [0.29, 0.717) is 0 Å². The molecule has 0 fully saturated rings. The molecule has 0 unspecified atom stereocenters. The predicted octanol–water partition coefficient (Wildman–Crippen LogP) is -2.39. The van der Waals surface area contributed by atoms with Gasteiger partial charge < -0.3 is 102 Å². The summed E-state index contributed by atoms with van der Waals surface area (Å²) in [6.07, 6.45) is 4.29. The highest BCUT2D eigenvalue weighted by molar-refractivity contribution is 5.11. The van der Waals surface area contributed by atoms with Gasteiger partial charge in [0.15, 0.2) is 44.0 Å². The van der Waals surface area contributed by atoms with Crippen LogP contribution in [0.1, 0.15) is 0 Å². The molecular weight excluding hydrogens is 840 g/mol. The summed E-state index contributed by atoms with van der Waals surface area (Å²) in [5.74, 6) is 0. The maximum absolute atomic E-state index is 10.2. The number of ether oxygens (including phenoxy) is 14. The van der Waals surface area contributed by atoms with Gasteiger partial charge in [0.05, 0.1) is 46.2 Å². The molecule has 0 aromatic heterocycles.